The van der Waals surface area contributed by atoms with Crippen molar-refractivity contribution in [1.82, 2.24) is 10.2 Å². The summed E-state index contributed by atoms with van der Waals surface area (Å²) in [6.07, 6.45) is 1.10. The number of halogens is 3. The molecule has 1 atom stereocenters. The minimum Gasteiger partial charge on any atom is -0.357 e. The molecule has 3 aromatic carbocycles. The SMILES string of the molecule is CNC(=O)C(Cc1ccccc1)N(Cc1ccc(Cl)c(Cl)c1)C(=O)CN(c1cccc(F)c1)S(C)(=O)=O. The van der Waals surface area contributed by atoms with E-state index in [2.05, 4.69) is 5.32 Å². The molecule has 3 aromatic rings. The van der Waals surface area contributed by atoms with Gasteiger partial charge < -0.3 is 10.2 Å². The van der Waals surface area contributed by atoms with Gasteiger partial charge in [-0.2, -0.15) is 0 Å². The third-order valence-electron chi connectivity index (χ3n) is 5.63. The third kappa shape index (κ3) is 7.67. The summed E-state index contributed by atoms with van der Waals surface area (Å²) in [6, 6.07) is 17.9. The molecule has 0 radical (unpaired) electrons. The van der Waals surface area contributed by atoms with E-state index in [9.17, 15) is 22.4 Å². The van der Waals surface area contributed by atoms with Crippen LogP contribution in [0.25, 0.3) is 0 Å². The number of nitrogens with one attached hydrogen (secondary N) is 1. The molecule has 0 aliphatic carbocycles. The van der Waals surface area contributed by atoms with Crippen LogP contribution < -0.4 is 9.62 Å². The van der Waals surface area contributed by atoms with Crippen molar-refractivity contribution >= 4 is 50.7 Å². The second-order valence-electron chi connectivity index (χ2n) is 8.34. The number of rotatable bonds is 10. The molecule has 1 unspecified atom stereocenters. The van der Waals surface area contributed by atoms with Gasteiger partial charge in [0.2, 0.25) is 21.8 Å². The van der Waals surface area contributed by atoms with Gasteiger partial charge in [-0.05, 0) is 41.5 Å². The standard InChI is InChI=1S/C26H26Cl2FN3O4S/c1-30-26(34)24(14-18-7-4-3-5-8-18)31(16-19-11-12-22(27)23(28)13-19)25(33)17-32(37(2,35)36)21-10-6-9-20(29)15-21/h3-13,15,24H,14,16-17H2,1-2H3,(H,30,34). The average Bonchev–Trinajstić information content (AvgIpc) is 2.86. The van der Waals surface area contributed by atoms with Gasteiger partial charge in [-0.3, -0.25) is 13.9 Å². The summed E-state index contributed by atoms with van der Waals surface area (Å²) in [7, 11) is -2.52. The molecule has 7 nitrogen and oxygen atoms in total. The summed E-state index contributed by atoms with van der Waals surface area (Å²) < 4.78 is 39.9. The molecule has 0 aliphatic rings. The number of hydrogen-bond donors (Lipinski definition) is 1. The lowest BCUT2D eigenvalue weighted by Crippen LogP contribution is -2.52. The molecule has 0 bridgehead atoms. The summed E-state index contributed by atoms with van der Waals surface area (Å²) in [5, 5.41) is 3.18. The van der Waals surface area contributed by atoms with Crippen LogP contribution in [0.3, 0.4) is 0 Å². The Bertz CT molecular complexity index is 1370. The number of hydrogen-bond acceptors (Lipinski definition) is 4. The number of sulfonamides is 1. The molecular weight excluding hydrogens is 540 g/mol. The Kier molecular flexibility index (Phi) is 9.53. The van der Waals surface area contributed by atoms with Crippen LogP contribution in [0.1, 0.15) is 11.1 Å². The van der Waals surface area contributed by atoms with Crippen molar-refractivity contribution in [3.63, 3.8) is 0 Å². The fourth-order valence-corrected chi connectivity index (χ4v) is 4.96. The zero-order chi connectivity index (χ0) is 27.2. The van der Waals surface area contributed by atoms with Gasteiger partial charge in [0.25, 0.3) is 0 Å². The average molecular weight is 566 g/mol. The molecule has 0 fully saturated rings. The summed E-state index contributed by atoms with van der Waals surface area (Å²) in [4.78, 5) is 28.1. The van der Waals surface area contributed by atoms with Crippen LogP contribution in [-0.4, -0.2) is 51.0 Å². The van der Waals surface area contributed by atoms with Gasteiger partial charge in [-0.15, -0.1) is 0 Å². The van der Waals surface area contributed by atoms with Crippen LogP contribution >= 0.6 is 23.2 Å². The first-order chi connectivity index (χ1) is 17.5. The highest BCUT2D eigenvalue weighted by Crippen LogP contribution is 2.25. The highest BCUT2D eigenvalue weighted by molar-refractivity contribution is 7.92. The van der Waals surface area contributed by atoms with E-state index < -0.39 is 40.2 Å². The number of benzene rings is 3. The molecule has 0 saturated carbocycles. The quantitative estimate of drug-likeness (QED) is 0.397. The molecule has 196 valence electrons. The molecule has 0 saturated heterocycles. The predicted molar refractivity (Wildman–Crippen MR) is 144 cm³/mol. The van der Waals surface area contributed by atoms with Crippen molar-refractivity contribution in [2.24, 2.45) is 0 Å². The zero-order valence-corrected chi connectivity index (χ0v) is 22.5. The van der Waals surface area contributed by atoms with Crippen LogP contribution in [0, 0.1) is 5.82 Å². The molecule has 0 heterocycles. The number of anilines is 1. The molecule has 1 N–H and O–H groups in total. The number of carbonyl (C=O) groups is 2. The summed E-state index contributed by atoms with van der Waals surface area (Å²) in [5.41, 5.74) is 1.37. The minimum absolute atomic E-state index is 0.00936. The minimum atomic E-state index is -3.98. The highest BCUT2D eigenvalue weighted by atomic mass is 35.5. The number of amides is 2. The number of nitrogens with zero attached hydrogens (tertiary/aromatic N) is 2. The van der Waals surface area contributed by atoms with Crippen molar-refractivity contribution in [3.05, 3.63) is 99.8 Å². The van der Waals surface area contributed by atoms with Crippen molar-refractivity contribution in [3.8, 4) is 0 Å². The van der Waals surface area contributed by atoms with Crippen LogP contribution in [-0.2, 0) is 32.6 Å². The van der Waals surface area contributed by atoms with Gasteiger partial charge in [0.1, 0.15) is 18.4 Å². The van der Waals surface area contributed by atoms with E-state index in [4.69, 9.17) is 23.2 Å². The van der Waals surface area contributed by atoms with Gasteiger partial charge in [-0.25, -0.2) is 12.8 Å². The molecule has 0 aromatic heterocycles. The Balaban J connectivity index is 2.04. The normalized spacial score (nSPS) is 12.0. The first kappa shape index (κ1) is 28.4. The lowest BCUT2D eigenvalue weighted by atomic mass is 10.0. The first-order valence-corrected chi connectivity index (χ1v) is 13.8. The van der Waals surface area contributed by atoms with E-state index in [1.807, 2.05) is 30.3 Å². The van der Waals surface area contributed by atoms with Crippen LogP contribution in [0.4, 0.5) is 10.1 Å². The lowest BCUT2D eigenvalue weighted by Gasteiger charge is -2.33. The molecular formula is C26H26Cl2FN3O4S. The molecule has 37 heavy (non-hydrogen) atoms. The fourth-order valence-electron chi connectivity index (χ4n) is 3.80. The Labute approximate surface area is 225 Å². The maximum Gasteiger partial charge on any atom is 0.244 e. The monoisotopic (exact) mass is 565 g/mol. The van der Waals surface area contributed by atoms with E-state index in [1.54, 1.807) is 18.2 Å². The van der Waals surface area contributed by atoms with Crippen molar-refractivity contribution in [2.75, 3.05) is 24.2 Å². The summed E-state index contributed by atoms with van der Waals surface area (Å²) in [5.74, 6) is -1.75. The van der Waals surface area contributed by atoms with Crippen molar-refractivity contribution < 1.29 is 22.4 Å². The van der Waals surface area contributed by atoms with Gasteiger partial charge >= 0.3 is 0 Å². The predicted octanol–water partition coefficient (Wildman–Crippen LogP) is 4.28. The second-order valence-corrected chi connectivity index (χ2v) is 11.1. The van der Waals surface area contributed by atoms with E-state index in [0.717, 1.165) is 22.2 Å². The van der Waals surface area contributed by atoms with Crippen molar-refractivity contribution in [2.45, 2.75) is 19.0 Å². The van der Waals surface area contributed by atoms with E-state index in [-0.39, 0.29) is 23.7 Å². The smallest absolute Gasteiger partial charge is 0.244 e. The van der Waals surface area contributed by atoms with Gasteiger partial charge in [0.05, 0.1) is 22.0 Å². The van der Waals surface area contributed by atoms with Gasteiger partial charge in [-0.1, -0.05) is 65.7 Å². The number of carbonyl (C=O) groups excluding carboxylic acids is 2. The Morgan fingerprint density at radius 2 is 1.65 bits per heavy atom. The lowest BCUT2D eigenvalue weighted by molar-refractivity contribution is -0.139. The Morgan fingerprint density at radius 3 is 2.24 bits per heavy atom. The molecule has 2 amide bonds. The highest BCUT2D eigenvalue weighted by Gasteiger charge is 2.32. The molecule has 3 rings (SSSR count). The van der Waals surface area contributed by atoms with Gasteiger partial charge in [0.15, 0.2) is 0 Å². The number of likely N-dealkylation sites (N-methyl/N-ethyl adjacent to an activating group) is 1. The zero-order valence-electron chi connectivity index (χ0n) is 20.2. The van der Waals surface area contributed by atoms with Gasteiger partial charge in [0, 0.05) is 20.0 Å². The summed E-state index contributed by atoms with van der Waals surface area (Å²) >= 11 is 12.2. The topological polar surface area (TPSA) is 86.8 Å². The third-order valence-corrected chi connectivity index (χ3v) is 7.51. The Morgan fingerprint density at radius 1 is 0.946 bits per heavy atom. The van der Waals surface area contributed by atoms with E-state index >= 15 is 0 Å². The molecule has 0 spiro atoms. The Hall–Kier alpha value is -3.14. The first-order valence-electron chi connectivity index (χ1n) is 11.2. The van der Waals surface area contributed by atoms with Crippen LogP contribution in [0.2, 0.25) is 10.0 Å². The second kappa shape index (κ2) is 12.4. The molecule has 11 heteroatoms. The largest absolute Gasteiger partial charge is 0.357 e. The molecule has 0 aliphatic heterocycles. The fraction of sp³-hybridized carbons (Fsp3) is 0.231. The maximum absolute atomic E-state index is 13.9. The van der Waals surface area contributed by atoms with E-state index in [1.165, 1.54) is 30.1 Å². The van der Waals surface area contributed by atoms with Crippen LogP contribution in [0.15, 0.2) is 72.8 Å². The van der Waals surface area contributed by atoms with Crippen LogP contribution in [0.5, 0.6) is 0 Å². The van der Waals surface area contributed by atoms with E-state index in [0.29, 0.717) is 10.6 Å². The maximum atomic E-state index is 13.9. The van der Waals surface area contributed by atoms with Crippen molar-refractivity contribution in [1.29, 1.82) is 0 Å². The summed E-state index contributed by atoms with van der Waals surface area (Å²) in [6.45, 7) is -0.701.